The first-order valence-corrected chi connectivity index (χ1v) is 10.4. The number of halogens is 2. The van der Waals surface area contributed by atoms with Crippen molar-refractivity contribution in [3.05, 3.63) is 69.1 Å². The van der Waals surface area contributed by atoms with Crippen molar-refractivity contribution >= 4 is 55.4 Å². The fraction of sp³-hybridized carbons (Fsp3) is 0.100. The van der Waals surface area contributed by atoms with Crippen molar-refractivity contribution in [1.29, 1.82) is 0 Å². The maximum Gasteiger partial charge on any atom is 0.267 e. The summed E-state index contributed by atoms with van der Waals surface area (Å²) in [5, 5.41) is 6.10. The van der Waals surface area contributed by atoms with Crippen LogP contribution in [-0.4, -0.2) is 18.0 Å². The van der Waals surface area contributed by atoms with E-state index in [1.807, 2.05) is 23.6 Å². The molecule has 0 aliphatic heterocycles. The number of fused-ring (bicyclic) bond motifs is 1. The number of carbonyl (C=O) groups excluding carboxylic acids is 1. The highest BCUT2D eigenvalue weighted by Gasteiger charge is 2.21. The first-order valence-electron chi connectivity index (χ1n) is 8.29. The zero-order valence-electron chi connectivity index (χ0n) is 14.7. The minimum atomic E-state index is -0.366. The first-order chi connectivity index (χ1) is 13.6. The predicted octanol–water partition coefficient (Wildman–Crippen LogP) is 6.22. The highest BCUT2D eigenvalue weighted by atomic mass is 35.5. The average Bonchev–Trinajstić information content (AvgIpc) is 3.28. The molecule has 0 saturated carbocycles. The van der Waals surface area contributed by atoms with Crippen LogP contribution in [0.15, 0.2) is 47.8 Å². The van der Waals surface area contributed by atoms with Gasteiger partial charge < -0.3 is 4.74 Å². The van der Waals surface area contributed by atoms with Gasteiger partial charge in [0.05, 0.1) is 17.2 Å². The van der Waals surface area contributed by atoms with Gasteiger partial charge >= 0.3 is 0 Å². The Labute approximate surface area is 173 Å². The standard InChI is InChI=1S/C20H14ClFN2O2S2/c1-26-9-12-17-14(22)7-4-8-16(17)28-18(12)19(25)24-20-23-15(10-27-20)11-5-2-3-6-13(11)21/h2-8,10H,9H2,1H3,(H,23,24,25). The van der Waals surface area contributed by atoms with Crippen molar-refractivity contribution in [2.24, 2.45) is 0 Å². The Bertz CT molecular complexity index is 1170. The van der Waals surface area contributed by atoms with E-state index in [0.717, 1.165) is 5.56 Å². The van der Waals surface area contributed by atoms with Crippen molar-refractivity contribution in [3.63, 3.8) is 0 Å². The molecule has 0 fully saturated rings. The van der Waals surface area contributed by atoms with Crippen LogP contribution in [0.2, 0.25) is 5.02 Å². The Morgan fingerprint density at radius 2 is 2.07 bits per heavy atom. The van der Waals surface area contributed by atoms with Crippen LogP contribution in [0.4, 0.5) is 9.52 Å². The Hall–Kier alpha value is -2.32. The highest BCUT2D eigenvalue weighted by Crippen LogP contribution is 2.35. The summed E-state index contributed by atoms with van der Waals surface area (Å²) >= 11 is 8.75. The molecule has 1 N–H and O–H groups in total. The van der Waals surface area contributed by atoms with Crippen molar-refractivity contribution in [1.82, 2.24) is 4.98 Å². The molecule has 2 aromatic heterocycles. The molecule has 0 aliphatic rings. The molecule has 8 heteroatoms. The second-order valence-corrected chi connectivity index (χ2v) is 8.25. The predicted molar refractivity (Wildman–Crippen MR) is 113 cm³/mol. The smallest absolute Gasteiger partial charge is 0.267 e. The number of aromatic nitrogens is 1. The van der Waals surface area contributed by atoms with Gasteiger partial charge in [-0.15, -0.1) is 22.7 Å². The van der Waals surface area contributed by atoms with Gasteiger partial charge in [0.15, 0.2) is 5.13 Å². The normalized spacial score (nSPS) is 11.1. The molecule has 4 nitrogen and oxygen atoms in total. The van der Waals surface area contributed by atoms with E-state index in [2.05, 4.69) is 10.3 Å². The molecular formula is C20H14ClFN2O2S2. The lowest BCUT2D eigenvalue weighted by atomic mass is 10.1. The third-order valence-electron chi connectivity index (χ3n) is 4.13. The molecular weight excluding hydrogens is 419 g/mol. The molecule has 28 heavy (non-hydrogen) atoms. The van der Waals surface area contributed by atoms with Gasteiger partial charge in [-0.3, -0.25) is 10.1 Å². The Morgan fingerprint density at radius 3 is 2.86 bits per heavy atom. The summed E-state index contributed by atoms with van der Waals surface area (Å²) in [5.74, 6) is -0.706. The maximum atomic E-state index is 14.3. The van der Waals surface area contributed by atoms with Crippen LogP contribution in [0.5, 0.6) is 0 Å². The summed E-state index contributed by atoms with van der Waals surface area (Å²) < 4.78 is 20.2. The number of nitrogens with one attached hydrogen (secondary N) is 1. The second kappa shape index (κ2) is 7.97. The van der Waals surface area contributed by atoms with E-state index in [0.29, 0.717) is 36.4 Å². The van der Waals surface area contributed by atoms with E-state index in [9.17, 15) is 9.18 Å². The van der Waals surface area contributed by atoms with E-state index in [-0.39, 0.29) is 18.3 Å². The number of rotatable bonds is 5. The molecule has 142 valence electrons. The number of thiophene rings is 1. The van der Waals surface area contributed by atoms with Gasteiger partial charge in [0.2, 0.25) is 0 Å². The van der Waals surface area contributed by atoms with Crippen molar-refractivity contribution in [3.8, 4) is 11.3 Å². The maximum absolute atomic E-state index is 14.3. The summed E-state index contributed by atoms with van der Waals surface area (Å²) in [6, 6.07) is 12.2. The topological polar surface area (TPSA) is 51.2 Å². The monoisotopic (exact) mass is 432 g/mol. The SMILES string of the molecule is COCc1c(C(=O)Nc2nc(-c3ccccc3Cl)cs2)sc2cccc(F)c12. The molecule has 0 radical (unpaired) electrons. The molecule has 0 saturated heterocycles. The van der Waals surface area contributed by atoms with Gasteiger partial charge in [0.25, 0.3) is 5.91 Å². The van der Waals surface area contributed by atoms with Gasteiger partial charge in [0, 0.05) is 38.7 Å². The van der Waals surface area contributed by atoms with Gasteiger partial charge in [-0.25, -0.2) is 9.37 Å². The molecule has 2 aromatic carbocycles. The number of carbonyl (C=O) groups is 1. The zero-order valence-corrected chi connectivity index (χ0v) is 17.1. The van der Waals surface area contributed by atoms with Crippen LogP contribution >= 0.6 is 34.3 Å². The van der Waals surface area contributed by atoms with Crippen LogP contribution in [0.3, 0.4) is 0 Å². The number of hydrogen-bond acceptors (Lipinski definition) is 5. The summed E-state index contributed by atoms with van der Waals surface area (Å²) in [6.45, 7) is 0.145. The Kier molecular flexibility index (Phi) is 5.41. The molecule has 2 heterocycles. The molecule has 1 amide bonds. The minimum absolute atomic E-state index is 0.145. The summed E-state index contributed by atoms with van der Waals surface area (Å²) in [6.07, 6.45) is 0. The van der Waals surface area contributed by atoms with Gasteiger partial charge in [0.1, 0.15) is 5.82 Å². The average molecular weight is 433 g/mol. The molecule has 4 aromatic rings. The van der Waals surface area contributed by atoms with Gasteiger partial charge in [-0.05, 0) is 18.2 Å². The Balaban J connectivity index is 1.65. The lowest BCUT2D eigenvalue weighted by Gasteiger charge is -2.04. The molecule has 0 spiro atoms. The highest BCUT2D eigenvalue weighted by molar-refractivity contribution is 7.21. The number of ether oxygens (including phenoxy) is 1. The summed E-state index contributed by atoms with van der Waals surface area (Å²) in [5.41, 5.74) is 2.02. The van der Waals surface area contributed by atoms with Crippen molar-refractivity contribution < 1.29 is 13.9 Å². The first kappa shape index (κ1) is 19.0. The van der Waals surface area contributed by atoms with Crippen LogP contribution < -0.4 is 5.32 Å². The third-order valence-corrected chi connectivity index (χ3v) is 6.42. The second-order valence-electron chi connectivity index (χ2n) is 5.93. The van der Waals surface area contributed by atoms with Gasteiger partial charge in [-0.1, -0.05) is 35.9 Å². The van der Waals surface area contributed by atoms with Crippen molar-refractivity contribution in [2.45, 2.75) is 6.61 Å². The molecule has 0 aliphatic carbocycles. The number of hydrogen-bond donors (Lipinski definition) is 1. The third kappa shape index (κ3) is 3.54. The number of thiazole rings is 1. The molecule has 4 rings (SSSR count). The molecule has 0 atom stereocenters. The van der Waals surface area contributed by atoms with E-state index in [4.69, 9.17) is 16.3 Å². The van der Waals surface area contributed by atoms with E-state index < -0.39 is 0 Å². The van der Waals surface area contributed by atoms with E-state index in [1.54, 1.807) is 18.2 Å². The zero-order chi connectivity index (χ0) is 19.7. The number of amides is 1. The Morgan fingerprint density at radius 1 is 1.25 bits per heavy atom. The minimum Gasteiger partial charge on any atom is -0.380 e. The number of nitrogens with zero attached hydrogens (tertiary/aromatic N) is 1. The van der Waals surface area contributed by atoms with Crippen LogP contribution in [-0.2, 0) is 11.3 Å². The number of benzene rings is 2. The quantitative estimate of drug-likeness (QED) is 0.407. The van der Waals surface area contributed by atoms with Crippen molar-refractivity contribution in [2.75, 3.05) is 12.4 Å². The molecule has 0 bridgehead atoms. The van der Waals surface area contributed by atoms with E-state index in [1.165, 1.54) is 35.8 Å². The van der Waals surface area contributed by atoms with Gasteiger partial charge in [-0.2, -0.15) is 0 Å². The van der Waals surface area contributed by atoms with E-state index >= 15 is 0 Å². The lowest BCUT2D eigenvalue weighted by Crippen LogP contribution is -2.12. The van der Waals surface area contributed by atoms with Crippen LogP contribution in [0.25, 0.3) is 21.3 Å². The largest absolute Gasteiger partial charge is 0.380 e. The number of anilines is 1. The summed E-state index contributed by atoms with van der Waals surface area (Å²) in [4.78, 5) is 17.7. The lowest BCUT2D eigenvalue weighted by molar-refractivity contribution is 0.102. The molecule has 0 unspecified atom stereocenters. The van der Waals surface area contributed by atoms with Crippen LogP contribution in [0.1, 0.15) is 15.2 Å². The fourth-order valence-electron chi connectivity index (χ4n) is 2.91. The number of methoxy groups -OCH3 is 1. The summed E-state index contributed by atoms with van der Waals surface area (Å²) in [7, 11) is 1.52. The van der Waals surface area contributed by atoms with Crippen LogP contribution in [0, 0.1) is 5.82 Å². The fourth-order valence-corrected chi connectivity index (χ4v) is 4.97.